The van der Waals surface area contributed by atoms with Crippen molar-refractivity contribution >= 4 is 46.0 Å². The van der Waals surface area contributed by atoms with Crippen molar-refractivity contribution in [2.24, 2.45) is 14.1 Å². The molecule has 2 aromatic heterocycles. The Hall–Kier alpha value is -3.24. The van der Waals surface area contributed by atoms with Gasteiger partial charge in [-0.2, -0.15) is 0 Å². The molecule has 33 heavy (non-hydrogen) atoms. The Labute approximate surface area is 199 Å². The largest absolute Gasteiger partial charge is 0.486 e. The zero-order valence-corrected chi connectivity index (χ0v) is 20.0. The molecule has 2 aromatic carbocycles. The summed E-state index contributed by atoms with van der Waals surface area (Å²) in [6, 6.07) is 12.5. The predicted octanol–water partition coefficient (Wildman–Crippen LogP) is 3.45. The zero-order chi connectivity index (χ0) is 23.5. The van der Waals surface area contributed by atoms with Crippen molar-refractivity contribution in [1.29, 1.82) is 0 Å². The summed E-state index contributed by atoms with van der Waals surface area (Å²) in [5.74, 6) is 1.35. The van der Waals surface area contributed by atoms with Crippen LogP contribution in [-0.2, 0) is 32.0 Å². The van der Waals surface area contributed by atoms with Gasteiger partial charge in [0.25, 0.3) is 0 Å². The van der Waals surface area contributed by atoms with Gasteiger partial charge in [0.05, 0.1) is 16.8 Å². The topological polar surface area (TPSA) is 96.0 Å². The number of anilines is 1. The van der Waals surface area contributed by atoms with Crippen LogP contribution in [0.5, 0.6) is 5.75 Å². The number of aromatic nitrogens is 5. The third-order valence-electron chi connectivity index (χ3n) is 5.18. The van der Waals surface area contributed by atoms with Gasteiger partial charge in [-0.05, 0) is 49.4 Å². The number of fused-ring (bicyclic) bond motifs is 1. The van der Waals surface area contributed by atoms with E-state index in [-0.39, 0.29) is 24.0 Å². The van der Waals surface area contributed by atoms with Crippen LogP contribution in [-0.4, -0.2) is 35.6 Å². The number of thioether (sulfide) groups is 1. The molecule has 2 heterocycles. The summed E-state index contributed by atoms with van der Waals surface area (Å²) >= 11 is 7.20. The van der Waals surface area contributed by atoms with Crippen molar-refractivity contribution in [3.8, 4) is 5.75 Å². The van der Waals surface area contributed by atoms with Crippen LogP contribution >= 0.6 is 23.4 Å². The number of benzene rings is 2. The molecule has 0 fully saturated rings. The number of nitrogens with one attached hydrogen (secondary N) is 1. The maximum atomic E-state index is 12.5. The lowest BCUT2D eigenvalue weighted by Gasteiger charge is -2.09. The van der Waals surface area contributed by atoms with Gasteiger partial charge in [0, 0.05) is 31.4 Å². The minimum Gasteiger partial charge on any atom is -0.486 e. The molecule has 1 amide bonds. The summed E-state index contributed by atoms with van der Waals surface area (Å²) in [4.78, 5) is 24.6. The highest BCUT2D eigenvalue weighted by Gasteiger charge is 2.15. The lowest BCUT2D eigenvalue weighted by atomic mass is 10.2. The third kappa shape index (κ3) is 4.91. The zero-order valence-electron chi connectivity index (χ0n) is 18.4. The molecule has 0 saturated carbocycles. The van der Waals surface area contributed by atoms with Crippen LogP contribution < -0.4 is 15.7 Å². The normalized spacial score (nSPS) is 11.2. The number of imidazole rings is 1. The van der Waals surface area contributed by atoms with Crippen molar-refractivity contribution < 1.29 is 9.53 Å². The molecule has 11 heteroatoms. The second kappa shape index (κ2) is 9.72. The second-order valence-electron chi connectivity index (χ2n) is 7.33. The highest BCUT2D eigenvalue weighted by atomic mass is 35.5. The fourth-order valence-corrected chi connectivity index (χ4v) is 4.39. The van der Waals surface area contributed by atoms with Crippen LogP contribution in [0.15, 0.2) is 52.4 Å². The highest BCUT2D eigenvalue weighted by molar-refractivity contribution is 7.99. The van der Waals surface area contributed by atoms with Gasteiger partial charge < -0.3 is 14.6 Å². The molecule has 9 nitrogen and oxygen atoms in total. The SMILES string of the molecule is CCn1c(COc2ccc(Cl)cc2)nnc1SCC(=O)Nc1ccc2c(c1)n(C)c(=O)n2C. The summed E-state index contributed by atoms with van der Waals surface area (Å²) in [5.41, 5.74) is 2.07. The third-order valence-corrected chi connectivity index (χ3v) is 6.40. The first kappa shape index (κ1) is 22.9. The number of hydrogen-bond acceptors (Lipinski definition) is 6. The number of carbonyl (C=O) groups is 1. The van der Waals surface area contributed by atoms with Crippen molar-refractivity contribution in [2.45, 2.75) is 25.2 Å². The van der Waals surface area contributed by atoms with Gasteiger partial charge in [0.1, 0.15) is 12.4 Å². The molecular formula is C22H23ClN6O3S. The van der Waals surface area contributed by atoms with Gasteiger partial charge in [-0.1, -0.05) is 23.4 Å². The first-order chi connectivity index (χ1) is 15.9. The van der Waals surface area contributed by atoms with E-state index in [9.17, 15) is 9.59 Å². The predicted molar refractivity (Wildman–Crippen MR) is 129 cm³/mol. The maximum Gasteiger partial charge on any atom is 0.328 e. The van der Waals surface area contributed by atoms with Crippen LogP contribution in [0.4, 0.5) is 5.69 Å². The molecule has 4 rings (SSSR count). The van der Waals surface area contributed by atoms with Gasteiger partial charge in [0.15, 0.2) is 11.0 Å². The fourth-order valence-electron chi connectivity index (χ4n) is 3.44. The summed E-state index contributed by atoms with van der Waals surface area (Å²) in [7, 11) is 3.43. The maximum absolute atomic E-state index is 12.5. The number of amides is 1. The van der Waals surface area contributed by atoms with E-state index in [1.54, 1.807) is 59.6 Å². The first-order valence-corrected chi connectivity index (χ1v) is 11.6. The summed E-state index contributed by atoms with van der Waals surface area (Å²) in [5, 5.41) is 12.6. The molecule has 0 unspecified atom stereocenters. The van der Waals surface area contributed by atoms with E-state index in [1.807, 2.05) is 17.6 Å². The molecule has 0 aliphatic rings. The van der Waals surface area contributed by atoms with Crippen molar-refractivity contribution in [1.82, 2.24) is 23.9 Å². The average molecular weight is 487 g/mol. The smallest absolute Gasteiger partial charge is 0.328 e. The van der Waals surface area contributed by atoms with Gasteiger partial charge >= 0.3 is 5.69 Å². The Kier molecular flexibility index (Phi) is 6.75. The molecule has 4 aromatic rings. The number of halogens is 1. The Morgan fingerprint density at radius 3 is 2.55 bits per heavy atom. The van der Waals surface area contributed by atoms with E-state index < -0.39 is 0 Å². The van der Waals surface area contributed by atoms with Gasteiger partial charge in [-0.3, -0.25) is 13.9 Å². The van der Waals surface area contributed by atoms with E-state index in [1.165, 1.54) is 11.8 Å². The number of aryl methyl sites for hydroxylation is 2. The first-order valence-electron chi connectivity index (χ1n) is 10.3. The van der Waals surface area contributed by atoms with Crippen LogP contribution in [0, 0.1) is 0 Å². The molecule has 172 valence electrons. The summed E-state index contributed by atoms with van der Waals surface area (Å²) < 4.78 is 10.8. The van der Waals surface area contributed by atoms with Gasteiger partial charge in [-0.25, -0.2) is 4.79 Å². The quantitative estimate of drug-likeness (QED) is 0.383. The highest BCUT2D eigenvalue weighted by Crippen LogP contribution is 2.21. The molecule has 0 bridgehead atoms. The Morgan fingerprint density at radius 2 is 1.82 bits per heavy atom. The van der Waals surface area contributed by atoms with Crippen LogP contribution in [0.2, 0.25) is 5.02 Å². The fraction of sp³-hybridized carbons (Fsp3) is 0.273. The number of nitrogens with zero attached hydrogens (tertiary/aromatic N) is 5. The van der Waals surface area contributed by atoms with E-state index in [0.717, 1.165) is 11.0 Å². The van der Waals surface area contributed by atoms with Crippen molar-refractivity contribution in [2.75, 3.05) is 11.1 Å². The number of hydrogen-bond donors (Lipinski definition) is 1. The molecule has 0 atom stereocenters. The number of ether oxygens (including phenoxy) is 1. The number of carbonyl (C=O) groups excluding carboxylic acids is 1. The molecule has 0 aliphatic heterocycles. The molecular weight excluding hydrogens is 464 g/mol. The van der Waals surface area contributed by atoms with E-state index in [0.29, 0.717) is 34.0 Å². The lowest BCUT2D eigenvalue weighted by molar-refractivity contribution is -0.113. The van der Waals surface area contributed by atoms with E-state index >= 15 is 0 Å². The lowest BCUT2D eigenvalue weighted by Crippen LogP contribution is -2.19. The standard InChI is InChI=1S/C22H23ClN6O3S/c1-4-29-19(12-32-16-8-5-14(23)6-9-16)25-26-21(29)33-13-20(30)24-15-7-10-17-18(11-15)28(3)22(31)27(17)2/h5-11H,4,12-13H2,1-3H3,(H,24,30). The monoisotopic (exact) mass is 486 g/mol. The van der Waals surface area contributed by atoms with Crippen LogP contribution in [0.3, 0.4) is 0 Å². The van der Waals surface area contributed by atoms with Crippen molar-refractivity contribution in [3.63, 3.8) is 0 Å². The average Bonchev–Trinajstić information content (AvgIpc) is 3.31. The van der Waals surface area contributed by atoms with Crippen LogP contribution in [0.25, 0.3) is 11.0 Å². The van der Waals surface area contributed by atoms with Gasteiger partial charge in [0.2, 0.25) is 5.91 Å². The molecule has 1 N–H and O–H groups in total. The Morgan fingerprint density at radius 1 is 1.09 bits per heavy atom. The molecule has 0 aliphatic carbocycles. The second-order valence-corrected chi connectivity index (χ2v) is 8.71. The minimum absolute atomic E-state index is 0.112. The van der Waals surface area contributed by atoms with E-state index in [4.69, 9.17) is 16.3 Å². The Balaban J connectivity index is 1.38. The molecule has 0 radical (unpaired) electrons. The summed E-state index contributed by atoms with van der Waals surface area (Å²) in [6.45, 7) is 2.89. The van der Waals surface area contributed by atoms with Crippen LogP contribution in [0.1, 0.15) is 12.7 Å². The minimum atomic E-state index is -0.176. The molecule has 0 saturated heterocycles. The molecule has 0 spiro atoms. The summed E-state index contributed by atoms with van der Waals surface area (Å²) in [6.07, 6.45) is 0. The van der Waals surface area contributed by atoms with Crippen molar-refractivity contribution in [3.05, 3.63) is 63.8 Å². The number of rotatable bonds is 8. The van der Waals surface area contributed by atoms with Gasteiger partial charge in [-0.15, -0.1) is 10.2 Å². The van der Waals surface area contributed by atoms with E-state index in [2.05, 4.69) is 15.5 Å². The Bertz CT molecular complexity index is 1360.